The quantitative estimate of drug-likeness (QED) is 0.614. The van der Waals surface area contributed by atoms with Crippen LogP contribution >= 0.6 is 15.9 Å². The molecule has 9 heteroatoms. The molecule has 8 nitrogen and oxygen atoms in total. The lowest BCUT2D eigenvalue weighted by molar-refractivity contribution is 0.174. The molecule has 3 aromatic rings. The van der Waals surface area contributed by atoms with Gasteiger partial charge in [0.25, 0.3) is 0 Å². The van der Waals surface area contributed by atoms with E-state index in [0.717, 1.165) is 27.1 Å². The number of rotatable bonds is 7. The molecular formula is C18H17BrN4O4. The van der Waals surface area contributed by atoms with Gasteiger partial charge in [0.2, 0.25) is 6.79 Å². The maximum Gasteiger partial charge on any atom is 0.231 e. The molecule has 1 aliphatic rings. The number of aromatic nitrogens is 3. The highest BCUT2D eigenvalue weighted by Gasteiger charge is 2.15. The van der Waals surface area contributed by atoms with Crippen molar-refractivity contribution in [3.05, 3.63) is 58.6 Å². The van der Waals surface area contributed by atoms with Gasteiger partial charge in [-0.15, -0.1) is 10.2 Å². The lowest BCUT2D eigenvalue weighted by Crippen LogP contribution is -2.12. The number of hydrogen-bond acceptors (Lipinski definition) is 7. The van der Waals surface area contributed by atoms with Crippen LogP contribution < -0.4 is 24.4 Å². The number of hydrogen-bond donors (Lipinski definition) is 1. The third-order valence-corrected chi connectivity index (χ3v) is 4.58. The van der Waals surface area contributed by atoms with Gasteiger partial charge in [0.15, 0.2) is 23.0 Å². The van der Waals surface area contributed by atoms with E-state index < -0.39 is 0 Å². The van der Waals surface area contributed by atoms with E-state index in [1.807, 2.05) is 30.3 Å². The van der Waals surface area contributed by atoms with Gasteiger partial charge in [-0.3, -0.25) is 0 Å². The molecule has 1 aliphatic heterocycles. The summed E-state index contributed by atoms with van der Waals surface area (Å²) in [4.78, 5) is 0. The summed E-state index contributed by atoms with van der Waals surface area (Å²) in [6, 6.07) is 9.66. The molecule has 0 bridgehead atoms. The molecule has 0 atom stereocenters. The highest BCUT2D eigenvalue weighted by molar-refractivity contribution is 9.10. The van der Waals surface area contributed by atoms with Crippen LogP contribution in [0.5, 0.6) is 23.0 Å². The van der Waals surface area contributed by atoms with Crippen molar-refractivity contribution in [2.45, 2.75) is 13.2 Å². The van der Waals surface area contributed by atoms with Crippen molar-refractivity contribution in [2.75, 3.05) is 19.3 Å². The zero-order valence-electron chi connectivity index (χ0n) is 14.5. The molecule has 0 amide bonds. The van der Waals surface area contributed by atoms with Gasteiger partial charge in [0, 0.05) is 0 Å². The minimum absolute atomic E-state index is 0.254. The summed E-state index contributed by atoms with van der Waals surface area (Å²) in [6.07, 6.45) is 3.18. The minimum atomic E-state index is 0.254. The number of methoxy groups -OCH3 is 1. The number of benzene rings is 2. The third-order valence-electron chi connectivity index (χ3n) is 3.99. The average molecular weight is 433 g/mol. The Balaban J connectivity index is 1.46. The molecular weight excluding hydrogens is 416 g/mol. The first-order valence-corrected chi connectivity index (χ1v) is 8.98. The van der Waals surface area contributed by atoms with Crippen molar-refractivity contribution in [3.63, 3.8) is 0 Å². The molecule has 140 valence electrons. The molecule has 0 spiro atoms. The maximum absolute atomic E-state index is 6.00. The standard InChI is InChI=1S/C18H17BrN4O4/c1-24-17-6-13(7-22-23-9-20-21-10-23)4-14(19)18(17)25-8-12-2-3-15-16(5-12)27-11-26-15/h2-6,9-10,22H,7-8,11H2,1H3. The minimum Gasteiger partial charge on any atom is -0.493 e. The SMILES string of the molecule is COc1cc(CNn2cnnc2)cc(Br)c1OCc1ccc2c(c1)OCO2. The molecule has 0 unspecified atom stereocenters. The van der Waals surface area contributed by atoms with E-state index in [2.05, 4.69) is 31.6 Å². The summed E-state index contributed by atoms with van der Waals surface area (Å²) in [6.45, 7) is 1.21. The molecule has 0 fully saturated rings. The first kappa shape index (κ1) is 17.5. The molecule has 1 aromatic heterocycles. The van der Waals surface area contributed by atoms with Crippen LogP contribution in [0, 0.1) is 0 Å². The first-order valence-electron chi connectivity index (χ1n) is 8.19. The van der Waals surface area contributed by atoms with Gasteiger partial charge in [0.05, 0.1) is 18.1 Å². The van der Waals surface area contributed by atoms with Crippen molar-refractivity contribution in [2.24, 2.45) is 0 Å². The van der Waals surface area contributed by atoms with E-state index >= 15 is 0 Å². The summed E-state index contributed by atoms with van der Waals surface area (Å²) in [5.41, 5.74) is 5.16. The van der Waals surface area contributed by atoms with E-state index in [0.29, 0.717) is 24.7 Å². The first-order chi connectivity index (χ1) is 13.2. The van der Waals surface area contributed by atoms with E-state index in [1.165, 1.54) is 0 Å². The molecule has 2 heterocycles. The molecule has 4 rings (SSSR count). The van der Waals surface area contributed by atoms with Crippen LogP contribution in [-0.4, -0.2) is 28.8 Å². The number of halogens is 1. The number of nitrogens with one attached hydrogen (secondary N) is 1. The Morgan fingerprint density at radius 3 is 2.74 bits per heavy atom. The average Bonchev–Trinajstić information content (AvgIpc) is 3.36. The highest BCUT2D eigenvalue weighted by Crippen LogP contribution is 2.38. The number of fused-ring (bicyclic) bond motifs is 1. The molecule has 0 saturated carbocycles. The van der Waals surface area contributed by atoms with Gasteiger partial charge in [0.1, 0.15) is 19.3 Å². The number of nitrogens with zero attached hydrogens (tertiary/aromatic N) is 3. The van der Waals surface area contributed by atoms with Crippen molar-refractivity contribution in [3.8, 4) is 23.0 Å². The van der Waals surface area contributed by atoms with Crippen LogP contribution in [0.15, 0.2) is 47.5 Å². The fourth-order valence-corrected chi connectivity index (χ4v) is 3.27. The topological polar surface area (TPSA) is 79.7 Å². The second kappa shape index (κ2) is 7.75. The van der Waals surface area contributed by atoms with Crippen LogP contribution in [-0.2, 0) is 13.2 Å². The van der Waals surface area contributed by atoms with Crippen molar-refractivity contribution < 1.29 is 18.9 Å². The summed E-state index contributed by atoms with van der Waals surface area (Å²) >= 11 is 3.57. The molecule has 0 saturated heterocycles. The second-order valence-electron chi connectivity index (χ2n) is 5.79. The second-order valence-corrected chi connectivity index (χ2v) is 6.64. The van der Waals surface area contributed by atoms with Gasteiger partial charge in [-0.05, 0) is 51.3 Å². The van der Waals surface area contributed by atoms with E-state index in [4.69, 9.17) is 18.9 Å². The maximum atomic E-state index is 6.00. The van der Waals surface area contributed by atoms with Crippen LogP contribution in [0.2, 0.25) is 0 Å². The van der Waals surface area contributed by atoms with Gasteiger partial charge >= 0.3 is 0 Å². The fourth-order valence-electron chi connectivity index (χ4n) is 2.67. The fraction of sp³-hybridized carbons (Fsp3) is 0.222. The highest BCUT2D eigenvalue weighted by atomic mass is 79.9. The third kappa shape index (κ3) is 3.92. The lowest BCUT2D eigenvalue weighted by atomic mass is 10.2. The Kier molecular flexibility index (Phi) is 5.01. The Bertz CT molecular complexity index is 933. The Morgan fingerprint density at radius 1 is 1.11 bits per heavy atom. The number of ether oxygens (including phenoxy) is 4. The largest absolute Gasteiger partial charge is 0.493 e. The van der Waals surface area contributed by atoms with E-state index in [9.17, 15) is 0 Å². The van der Waals surface area contributed by atoms with Crippen molar-refractivity contribution in [1.82, 2.24) is 14.9 Å². The summed E-state index contributed by atoms with van der Waals surface area (Å²) in [5, 5.41) is 7.51. The molecule has 27 heavy (non-hydrogen) atoms. The van der Waals surface area contributed by atoms with E-state index in [-0.39, 0.29) is 6.79 Å². The zero-order chi connectivity index (χ0) is 18.6. The summed E-state index contributed by atoms with van der Waals surface area (Å²) in [7, 11) is 1.62. The van der Waals surface area contributed by atoms with E-state index in [1.54, 1.807) is 24.4 Å². The molecule has 0 aliphatic carbocycles. The van der Waals surface area contributed by atoms with Crippen LogP contribution in [0.1, 0.15) is 11.1 Å². The lowest BCUT2D eigenvalue weighted by Gasteiger charge is -2.15. The normalized spacial score (nSPS) is 12.1. The smallest absolute Gasteiger partial charge is 0.231 e. The summed E-state index contributed by atoms with van der Waals surface area (Å²) in [5.74, 6) is 2.77. The molecule has 1 N–H and O–H groups in total. The van der Waals surface area contributed by atoms with Gasteiger partial charge in [-0.25, -0.2) is 4.68 Å². The molecule has 0 radical (unpaired) electrons. The van der Waals surface area contributed by atoms with Gasteiger partial charge < -0.3 is 24.4 Å². The molecule has 2 aromatic carbocycles. The predicted molar refractivity (Wildman–Crippen MR) is 101 cm³/mol. The van der Waals surface area contributed by atoms with Crippen LogP contribution in [0.3, 0.4) is 0 Å². The monoisotopic (exact) mass is 432 g/mol. The van der Waals surface area contributed by atoms with Crippen LogP contribution in [0.4, 0.5) is 0 Å². The van der Waals surface area contributed by atoms with Gasteiger partial charge in [-0.2, -0.15) is 0 Å². The zero-order valence-corrected chi connectivity index (χ0v) is 16.1. The van der Waals surface area contributed by atoms with Crippen molar-refractivity contribution in [1.29, 1.82) is 0 Å². The Labute approximate surface area is 164 Å². The predicted octanol–water partition coefficient (Wildman–Crippen LogP) is 3.10. The Morgan fingerprint density at radius 2 is 1.93 bits per heavy atom. The Hall–Kier alpha value is -2.94. The summed E-state index contributed by atoms with van der Waals surface area (Å²) < 4.78 is 24.7. The van der Waals surface area contributed by atoms with Crippen LogP contribution in [0.25, 0.3) is 0 Å². The van der Waals surface area contributed by atoms with Crippen molar-refractivity contribution >= 4 is 15.9 Å². The van der Waals surface area contributed by atoms with Gasteiger partial charge in [-0.1, -0.05) is 6.07 Å².